The van der Waals surface area contributed by atoms with Crippen LogP contribution in [-0.2, 0) is 11.2 Å². The molecular formula is C22H25N5O2. The number of fused-ring (bicyclic) bond motifs is 1. The van der Waals surface area contributed by atoms with Gasteiger partial charge in [0.25, 0.3) is 0 Å². The Morgan fingerprint density at radius 3 is 2.59 bits per heavy atom. The number of aliphatic hydroxyl groups is 1. The van der Waals surface area contributed by atoms with Gasteiger partial charge in [-0.3, -0.25) is 10.1 Å². The zero-order chi connectivity index (χ0) is 19.8. The molecular weight excluding hydrogens is 366 g/mol. The van der Waals surface area contributed by atoms with E-state index in [1.54, 1.807) is 4.52 Å². The van der Waals surface area contributed by atoms with E-state index in [2.05, 4.69) is 32.4 Å². The second-order valence-corrected chi connectivity index (χ2v) is 8.23. The smallest absolute Gasteiger partial charge is 0.249 e. The van der Waals surface area contributed by atoms with Crippen LogP contribution in [0.3, 0.4) is 0 Å². The molecule has 2 aliphatic rings. The van der Waals surface area contributed by atoms with E-state index in [4.69, 9.17) is 0 Å². The third-order valence-electron chi connectivity index (χ3n) is 5.92. The molecule has 5 rings (SSSR count). The van der Waals surface area contributed by atoms with Crippen molar-refractivity contribution >= 4 is 23.3 Å². The molecule has 7 nitrogen and oxygen atoms in total. The molecule has 2 aromatic heterocycles. The van der Waals surface area contributed by atoms with Crippen LogP contribution in [0, 0.1) is 5.92 Å². The molecule has 1 aliphatic carbocycles. The second-order valence-electron chi connectivity index (χ2n) is 8.23. The summed E-state index contributed by atoms with van der Waals surface area (Å²) < 4.78 is 1.78. The van der Waals surface area contributed by atoms with Gasteiger partial charge in [0.1, 0.15) is 5.82 Å². The lowest BCUT2D eigenvalue weighted by Crippen LogP contribution is -2.46. The highest BCUT2D eigenvalue weighted by Crippen LogP contribution is 2.31. The molecule has 1 aromatic carbocycles. The van der Waals surface area contributed by atoms with Crippen molar-refractivity contribution in [2.75, 3.05) is 23.3 Å². The van der Waals surface area contributed by atoms with Gasteiger partial charge in [0.05, 0.1) is 5.60 Å². The minimum absolute atomic E-state index is 0.00593. The van der Waals surface area contributed by atoms with E-state index in [1.165, 1.54) is 0 Å². The van der Waals surface area contributed by atoms with Crippen LogP contribution < -0.4 is 10.2 Å². The van der Waals surface area contributed by atoms with Crippen LogP contribution in [0.25, 0.3) is 5.65 Å². The molecule has 7 heteroatoms. The van der Waals surface area contributed by atoms with Gasteiger partial charge in [0.15, 0.2) is 5.65 Å². The van der Waals surface area contributed by atoms with E-state index >= 15 is 0 Å². The molecule has 0 bridgehead atoms. The maximum atomic E-state index is 12.0. The fraction of sp³-hybridized carbons (Fsp3) is 0.409. The number of piperidine rings is 1. The lowest BCUT2D eigenvalue weighted by atomic mass is 9.85. The predicted molar refractivity (Wildman–Crippen MR) is 111 cm³/mol. The molecule has 0 radical (unpaired) electrons. The highest BCUT2D eigenvalue weighted by molar-refractivity contribution is 5.92. The summed E-state index contributed by atoms with van der Waals surface area (Å²) in [6.45, 7) is 1.48. The lowest BCUT2D eigenvalue weighted by molar-refractivity contribution is -0.117. The summed E-state index contributed by atoms with van der Waals surface area (Å²) in [7, 11) is 0. The molecule has 2 N–H and O–H groups in total. The first-order valence-corrected chi connectivity index (χ1v) is 10.3. The number of amides is 1. The van der Waals surface area contributed by atoms with E-state index < -0.39 is 5.60 Å². The van der Waals surface area contributed by atoms with Gasteiger partial charge in [0, 0.05) is 25.4 Å². The Morgan fingerprint density at radius 1 is 1.10 bits per heavy atom. The van der Waals surface area contributed by atoms with Crippen LogP contribution >= 0.6 is 0 Å². The summed E-state index contributed by atoms with van der Waals surface area (Å²) in [5, 5.41) is 18.4. The Hall–Kier alpha value is -2.93. The van der Waals surface area contributed by atoms with Crippen LogP contribution in [-0.4, -0.2) is 44.3 Å². The number of hydrogen-bond donors (Lipinski definition) is 2. The molecule has 1 aliphatic heterocycles. The normalized spacial score (nSPS) is 18.7. The molecule has 150 valence electrons. The highest BCUT2D eigenvalue weighted by atomic mass is 16.3. The number of carbonyl (C=O) groups is 1. The number of anilines is 2. The van der Waals surface area contributed by atoms with Crippen molar-refractivity contribution in [2.45, 2.75) is 37.7 Å². The van der Waals surface area contributed by atoms with Gasteiger partial charge in [0.2, 0.25) is 11.9 Å². The third kappa shape index (κ3) is 3.82. The van der Waals surface area contributed by atoms with E-state index in [1.807, 2.05) is 36.4 Å². The number of carbonyl (C=O) groups excluding carboxylic acids is 1. The van der Waals surface area contributed by atoms with Crippen molar-refractivity contribution in [1.29, 1.82) is 0 Å². The SMILES string of the molecule is O=C(Nc1nc2cccc(N3CCC(O)(Cc4ccccc4)CC3)n2n1)C1CC1. The third-order valence-corrected chi connectivity index (χ3v) is 5.92. The zero-order valence-electron chi connectivity index (χ0n) is 16.3. The topological polar surface area (TPSA) is 82.8 Å². The zero-order valence-corrected chi connectivity index (χ0v) is 16.3. The molecule has 1 saturated heterocycles. The number of hydrogen-bond acceptors (Lipinski definition) is 5. The summed E-state index contributed by atoms with van der Waals surface area (Å²) >= 11 is 0. The second kappa shape index (κ2) is 7.15. The van der Waals surface area contributed by atoms with Crippen molar-refractivity contribution in [2.24, 2.45) is 5.92 Å². The average molecular weight is 391 g/mol. The van der Waals surface area contributed by atoms with Crippen molar-refractivity contribution < 1.29 is 9.90 Å². The molecule has 29 heavy (non-hydrogen) atoms. The van der Waals surface area contributed by atoms with E-state index in [0.717, 1.165) is 37.3 Å². The Bertz CT molecular complexity index is 1020. The van der Waals surface area contributed by atoms with Crippen molar-refractivity contribution in [1.82, 2.24) is 14.6 Å². The van der Waals surface area contributed by atoms with Crippen molar-refractivity contribution in [3.63, 3.8) is 0 Å². The van der Waals surface area contributed by atoms with Crippen LogP contribution in [0.2, 0.25) is 0 Å². The maximum Gasteiger partial charge on any atom is 0.249 e. The fourth-order valence-electron chi connectivity index (χ4n) is 4.05. The van der Waals surface area contributed by atoms with Gasteiger partial charge >= 0.3 is 0 Å². The summed E-state index contributed by atoms with van der Waals surface area (Å²) in [6, 6.07) is 16.0. The van der Waals surface area contributed by atoms with Crippen LogP contribution in [0.1, 0.15) is 31.2 Å². The van der Waals surface area contributed by atoms with Gasteiger partial charge in [-0.05, 0) is 43.4 Å². The Labute approximate surface area is 169 Å². The molecule has 1 saturated carbocycles. The number of nitrogens with zero attached hydrogens (tertiary/aromatic N) is 4. The summed E-state index contributed by atoms with van der Waals surface area (Å²) in [5.74, 6) is 1.41. The first kappa shape index (κ1) is 18.1. The lowest BCUT2D eigenvalue weighted by Gasteiger charge is -2.39. The minimum Gasteiger partial charge on any atom is -0.389 e. The number of rotatable bonds is 5. The predicted octanol–water partition coefficient (Wildman–Crippen LogP) is 2.65. The number of aromatic nitrogens is 3. The number of benzene rings is 1. The van der Waals surface area contributed by atoms with E-state index in [9.17, 15) is 9.90 Å². The molecule has 0 atom stereocenters. The number of nitrogens with one attached hydrogen (secondary N) is 1. The van der Waals surface area contributed by atoms with Gasteiger partial charge in [-0.2, -0.15) is 9.50 Å². The maximum absolute atomic E-state index is 12.0. The molecule has 2 fully saturated rings. The average Bonchev–Trinajstić information content (AvgIpc) is 3.49. The van der Waals surface area contributed by atoms with Gasteiger partial charge in [-0.1, -0.05) is 36.4 Å². The van der Waals surface area contributed by atoms with Gasteiger partial charge < -0.3 is 10.0 Å². The summed E-state index contributed by atoms with van der Waals surface area (Å²) in [4.78, 5) is 18.7. The molecule has 0 spiro atoms. The molecule has 1 amide bonds. The number of pyridine rings is 1. The molecule has 3 aromatic rings. The summed E-state index contributed by atoms with van der Waals surface area (Å²) in [5.41, 5.74) is 1.19. The van der Waals surface area contributed by atoms with E-state index in [0.29, 0.717) is 30.9 Å². The largest absolute Gasteiger partial charge is 0.389 e. The summed E-state index contributed by atoms with van der Waals surface area (Å²) in [6.07, 6.45) is 3.96. The Morgan fingerprint density at radius 2 is 1.86 bits per heavy atom. The molecule has 3 heterocycles. The standard InChI is InChI=1S/C22H25N5O2/c28-20(17-9-10-17)24-21-23-18-7-4-8-19(27(18)25-21)26-13-11-22(29,12-14-26)15-16-5-2-1-3-6-16/h1-8,17,29H,9-15H2,(H,24,25,28). The van der Waals surface area contributed by atoms with Crippen LogP contribution in [0.15, 0.2) is 48.5 Å². The minimum atomic E-state index is -0.683. The fourth-order valence-corrected chi connectivity index (χ4v) is 4.05. The monoisotopic (exact) mass is 391 g/mol. The van der Waals surface area contributed by atoms with Crippen LogP contribution in [0.4, 0.5) is 11.8 Å². The highest BCUT2D eigenvalue weighted by Gasteiger charge is 2.33. The van der Waals surface area contributed by atoms with Gasteiger partial charge in [-0.25, -0.2) is 0 Å². The first-order chi connectivity index (χ1) is 14.1. The van der Waals surface area contributed by atoms with Crippen LogP contribution in [0.5, 0.6) is 0 Å². The first-order valence-electron chi connectivity index (χ1n) is 10.3. The quantitative estimate of drug-likeness (QED) is 0.699. The van der Waals surface area contributed by atoms with Crippen molar-refractivity contribution in [3.8, 4) is 0 Å². The Balaban J connectivity index is 1.31. The van der Waals surface area contributed by atoms with Gasteiger partial charge in [-0.15, -0.1) is 5.10 Å². The molecule has 0 unspecified atom stereocenters. The Kier molecular flexibility index (Phi) is 4.47. The van der Waals surface area contributed by atoms with E-state index in [-0.39, 0.29) is 11.8 Å². The van der Waals surface area contributed by atoms with Crippen molar-refractivity contribution in [3.05, 3.63) is 54.1 Å².